The van der Waals surface area contributed by atoms with E-state index in [9.17, 15) is 0 Å². The second-order valence-electron chi connectivity index (χ2n) is 5.06. The van der Waals surface area contributed by atoms with Gasteiger partial charge in [-0.25, -0.2) is 4.98 Å². The summed E-state index contributed by atoms with van der Waals surface area (Å²) >= 11 is 5.42. The van der Waals surface area contributed by atoms with Crippen molar-refractivity contribution in [2.45, 2.75) is 26.7 Å². The molecule has 0 fully saturated rings. The maximum absolute atomic E-state index is 4.60. The summed E-state index contributed by atoms with van der Waals surface area (Å²) in [5, 5.41) is 6.86. The zero-order valence-corrected chi connectivity index (χ0v) is 14.4. The van der Waals surface area contributed by atoms with E-state index in [2.05, 4.69) is 69.7 Å². The van der Waals surface area contributed by atoms with Crippen LogP contribution >= 0.6 is 27.3 Å². The maximum atomic E-state index is 4.60. The fourth-order valence-corrected chi connectivity index (χ4v) is 3.62. The van der Waals surface area contributed by atoms with E-state index in [-0.39, 0.29) is 0 Å². The van der Waals surface area contributed by atoms with Gasteiger partial charge in [-0.3, -0.25) is 0 Å². The highest BCUT2D eigenvalue weighted by atomic mass is 79.9. The van der Waals surface area contributed by atoms with Crippen molar-refractivity contribution in [1.82, 2.24) is 10.3 Å². The minimum Gasteiger partial charge on any atom is -0.317 e. The quantitative estimate of drug-likeness (QED) is 0.806. The molecule has 0 aliphatic rings. The first-order valence-corrected chi connectivity index (χ1v) is 8.71. The summed E-state index contributed by atoms with van der Waals surface area (Å²) < 4.78 is 1.21. The molecule has 108 valence electrons. The van der Waals surface area contributed by atoms with Crippen LogP contribution in [-0.4, -0.2) is 18.1 Å². The second-order valence-corrected chi connectivity index (χ2v) is 6.85. The number of aryl methyl sites for hydroxylation is 1. The minimum atomic E-state index is 0.583. The predicted octanol–water partition coefficient (Wildman–Crippen LogP) is 4.22. The van der Waals surface area contributed by atoms with Crippen molar-refractivity contribution in [3.05, 3.63) is 50.4 Å². The van der Waals surface area contributed by atoms with Crippen LogP contribution < -0.4 is 5.32 Å². The average molecular weight is 353 g/mol. The van der Waals surface area contributed by atoms with Crippen LogP contribution in [-0.2, 0) is 12.8 Å². The second kappa shape index (κ2) is 7.91. The third-order valence-electron chi connectivity index (χ3n) is 3.28. The zero-order valence-electron chi connectivity index (χ0n) is 12.0. The molecule has 1 aromatic heterocycles. The van der Waals surface area contributed by atoms with Gasteiger partial charge in [0.1, 0.15) is 0 Å². The van der Waals surface area contributed by atoms with Gasteiger partial charge in [-0.2, -0.15) is 0 Å². The van der Waals surface area contributed by atoms with Crippen LogP contribution in [0.5, 0.6) is 0 Å². The Labute approximate surface area is 133 Å². The number of hydrogen-bond acceptors (Lipinski definition) is 3. The minimum absolute atomic E-state index is 0.583. The number of halogens is 1. The van der Waals surface area contributed by atoms with E-state index in [0.717, 1.165) is 31.6 Å². The Morgan fingerprint density at radius 3 is 2.75 bits per heavy atom. The molecule has 0 spiro atoms. The van der Waals surface area contributed by atoms with E-state index in [1.54, 1.807) is 11.3 Å². The highest BCUT2D eigenvalue weighted by Crippen LogP contribution is 2.22. The van der Waals surface area contributed by atoms with Crippen molar-refractivity contribution in [1.29, 1.82) is 0 Å². The molecule has 2 rings (SSSR count). The summed E-state index contributed by atoms with van der Waals surface area (Å²) in [4.78, 5) is 4.60. The Kier molecular flexibility index (Phi) is 6.20. The van der Waals surface area contributed by atoms with Gasteiger partial charge < -0.3 is 5.32 Å². The Morgan fingerprint density at radius 2 is 2.10 bits per heavy atom. The number of benzene rings is 1. The average Bonchev–Trinajstić information content (AvgIpc) is 2.84. The Bertz CT molecular complexity index is 539. The molecular weight excluding hydrogens is 332 g/mol. The molecule has 0 aliphatic carbocycles. The number of aromatic nitrogens is 1. The van der Waals surface area contributed by atoms with Crippen molar-refractivity contribution in [3.63, 3.8) is 0 Å². The smallest absolute Gasteiger partial charge is 0.0931 e. The highest BCUT2D eigenvalue weighted by molar-refractivity contribution is 9.10. The van der Waals surface area contributed by atoms with Crippen LogP contribution in [0.2, 0.25) is 0 Å². The van der Waals surface area contributed by atoms with Crippen LogP contribution in [0.25, 0.3) is 0 Å². The molecule has 0 aliphatic heterocycles. The first-order valence-electron chi connectivity index (χ1n) is 7.04. The van der Waals surface area contributed by atoms with Crippen LogP contribution in [0, 0.1) is 12.8 Å². The highest BCUT2D eigenvalue weighted by Gasteiger charge is 2.14. The Hall–Kier alpha value is -0.710. The number of nitrogens with one attached hydrogen (secondary N) is 1. The van der Waals surface area contributed by atoms with E-state index in [1.807, 2.05) is 0 Å². The molecule has 2 nitrogen and oxygen atoms in total. The normalized spacial score (nSPS) is 12.6. The van der Waals surface area contributed by atoms with Crippen LogP contribution in [0.15, 0.2) is 34.1 Å². The summed E-state index contributed by atoms with van der Waals surface area (Å²) in [6.07, 6.45) is 2.12. The van der Waals surface area contributed by atoms with Gasteiger partial charge in [-0.15, -0.1) is 11.3 Å². The molecule has 0 amide bonds. The van der Waals surface area contributed by atoms with E-state index < -0.39 is 0 Å². The molecule has 0 saturated heterocycles. The van der Waals surface area contributed by atoms with Gasteiger partial charge in [0.15, 0.2) is 0 Å². The molecule has 1 heterocycles. The van der Waals surface area contributed by atoms with Gasteiger partial charge in [-0.1, -0.05) is 41.1 Å². The molecule has 4 heteroatoms. The first kappa shape index (κ1) is 15.7. The van der Waals surface area contributed by atoms with Gasteiger partial charge in [0.25, 0.3) is 0 Å². The molecule has 1 unspecified atom stereocenters. The predicted molar refractivity (Wildman–Crippen MR) is 90.4 cm³/mol. The van der Waals surface area contributed by atoms with Gasteiger partial charge in [-0.05, 0) is 44.0 Å². The molecule has 0 saturated carbocycles. The van der Waals surface area contributed by atoms with Crippen LogP contribution in [0.1, 0.15) is 23.2 Å². The summed E-state index contributed by atoms with van der Waals surface area (Å²) in [6, 6.07) is 8.50. The van der Waals surface area contributed by atoms with Gasteiger partial charge >= 0.3 is 0 Å². The van der Waals surface area contributed by atoms with Gasteiger partial charge in [0.2, 0.25) is 0 Å². The lowest BCUT2D eigenvalue weighted by molar-refractivity contribution is 0.476. The summed E-state index contributed by atoms with van der Waals surface area (Å²) in [6.45, 7) is 6.27. The largest absolute Gasteiger partial charge is 0.317 e. The number of nitrogens with zero attached hydrogens (tertiary/aromatic N) is 1. The molecule has 1 N–H and O–H groups in total. The summed E-state index contributed by atoms with van der Waals surface area (Å²) in [5.74, 6) is 0.583. The Morgan fingerprint density at radius 1 is 1.30 bits per heavy atom. The fraction of sp³-hybridized carbons (Fsp3) is 0.438. The van der Waals surface area contributed by atoms with Crippen molar-refractivity contribution in [3.8, 4) is 0 Å². The number of hydrogen-bond donors (Lipinski definition) is 1. The van der Waals surface area contributed by atoms with Crippen molar-refractivity contribution < 1.29 is 0 Å². The van der Waals surface area contributed by atoms with Crippen molar-refractivity contribution >= 4 is 27.3 Å². The lowest BCUT2D eigenvalue weighted by atomic mass is 9.96. The fourth-order valence-electron chi connectivity index (χ4n) is 2.28. The van der Waals surface area contributed by atoms with Gasteiger partial charge in [0.05, 0.1) is 5.01 Å². The topological polar surface area (TPSA) is 24.9 Å². The molecule has 1 aromatic carbocycles. The van der Waals surface area contributed by atoms with Crippen LogP contribution in [0.4, 0.5) is 0 Å². The molecular formula is C16H21BrN2S. The van der Waals surface area contributed by atoms with E-state index >= 15 is 0 Å². The standard InChI is InChI=1S/C16H21BrN2S/c1-3-18-10-13(9-16-19-12(2)11-20-16)8-14-6-4-5-7-15(14)17/h4-7,11,13,18H,3,8-10H2,1-2H3. The molecule has 2 aromatic rings. The monoisotopic (exact) mass is 352 g/mol. The van der Waals surface area contributed by atoms with E-state index in [4.69, 9.17) is 0 Å². The maximum Gasteiger partial charge on any atom is 0.0931 e. The Balaban J connectivity index is 2.05. The number of rotatable bonds is 7. The number of thiazole rings is 1. The van der Waals surface area contributed by atoms with Crippen molar-refractivity contribution in [2.24, 2.45) is 5.92 Å². The van der Waals surface area contributed by atoms with E-state index in [1.165, 1.54) is 15.0 Å². The third-order valence-corrected chi connectivity index (χ3v) is 5.04. The van der Waals surface area contributed by atoms with Gasteiger partial charge in [0, 0.05) is 22.0 Å². The molecule has 1 atom stereocenters. The van der Waals surface area contributed by atoms with Crippen LogP contribution in [0.3, 0.4) is 0 Å². The molecule has 0 radical (unpaired) electrons. The summed E-state index contributed by atoms with van der Waals surface area (Å²) in [5.41, 5.74) is 2.51. The lowest BCUT2D eigenvalue weighted by Gasteiger charge is -2.17. The summed E-state index contributed by atoms with van der Waals surface area (Å²) in [7, 11) is 0. The SMILES string of the molecule is CCNCC(Cc1nc(C)cs1)Cc1ccccc1Br. The molecule has 0 bridgehead atoms. The molecule has 20 heavy (non-hydrogen) atoms. The zero-order chi connectivity index (χ0) is 14.4. The van der Waals surface area contributed by atoms with E-state index in [0.29, 0.717) is 5.92 Å². The third kappa shape index (κ3) is 4.69. The van der Waals surface area contributed by atoms with Crippen molar-refractivity contribution in [2.75, 3.05) is 13.1 Å². The first-order chi connectivity index (χ1) is 9.69. The lowest BCUT2D eigenvalue weighted by Crippen LogP contribution is -2.25.